The Morgan fingerprint density at radius 3 is 2.79 bits per heavy atom. The van der Waals surface area contributed by atoms with Crippen molar-refractivity contribution in [2.75, 3.05) is 13.1 Å². The monoisotopic (exact) mass is 420 g/mol. The third kappa shape index (κ3) is 4.03. The zero-order valence-electron chi connectivity index (χ0n) is 17.2. The smallest absolute Gasteiger partial charge is 0.256 e. The maximum atomic E-state index is 14.3. The fourth-order valence-electron chi connectivity index (χ4n) is 5.65. The zero-order chi connectivity index (χ0) is 20.7. The molecule has 3 fully saturated rings. The first-order valence-corrected chi connectivity index (χ1v) is 11.3. The molecule has 3 aliphatic heterocycles. The van der Waals surface area contributed by atoms with Crippen molar-refractivity contribution in [2.45, 2.75) is 64.5 Å². The molecule has 1 aromatic carbocycles. The van der Waals surface area contributed by atoms with Crippen LogP contribution in [0.15, 0.2) is 18.2 Å². The maximum absolute atomic E-state index is 14.3. The molecule has 4 atom stereocenters. The van der Waals surface area contributed by atoms with E-state index in [-0.39, 0.29) is 41.3 Å². The van der Waals surface area contributed by atoms with Gasteiger partial charge in [0.2, 0.25) is 5.91 Å². The lowest BCUT2D eigenvalue weighted by Crippen LogP contribution is -2.65. The van der Waals surface area contributed by atoms with Crippen molar-refractivity contribution in [3.63, 3.8) is 0 Å². The number of likely N-dealkylation sites (tertiary alicyclic amines) is 1. The van der Waals surface area contributed by atoms with Crippen LogP contribution >= 0.6 is 11.6 Å². The van der Waals surface area contributed by atoms with Gasteiger partial charge in [0.15, 0.2) is 0 Å². The van der Waals surface area contributed by atoms with Crippen LogP contribution in [0.25, 0.3) is 0 Å². The molecular formula is C23H30ClFN2O2. The number of carbonyl (C=O) groups is 2. The van der Waals surface area contributed by atoms with E-state index < -0.39 is 5.82 Å². The molecule has 6 heteroatoms. The van der Waals surface area contributed by atoms with E-state index in [0.717, 1.165) is 32.1 Å². The lowest BCUT2D eigenvalue weighted by Gasteiger charge is -2.56. The summed E-state index contributed by atoms with van der Waals surface area (Å²) in [5, 5.41) is 0.366. The Morgan fingerprint density at radius 2 is 2.03 bits per heavy atom. The Balaban J connectivity index is 1.60. The Morgan fingerprint density at radius 1 is 1.28 bits per heavy atom. The summed E-state index contributed by atoms with van der Waals surface area (Å²) in [4.78, 5) is 30.0. The van der Waals surface area contributed by atoms with E-state index >= 15 is 0 Å². The molecule has 4 nitrogen and oxygen atoms in total. The van der Waals surface area contributed by atoms with E-state index in [0.29, 0.717) is 30.5 Å². The minimum Gasteiger partial charge on any atom is -0.338 e. The number of halogens is 2. The highest BCUT2D eigenvalue weighted by Gasteiger charge is 2.49. The van der Waals surface area contributed by atoms with Gasteiger partial charge >= 0.3 is 0 Å². The summed E-state index contributed by atoms with van der Waals surface area (Å²) in [6, 6.07) is 4.55. The van der Waals surface area contributed by atoms with E-state index in [1.54, 1.807) is 0 Å². The van der Waals surface area contributed by atoms with Crippen LogP contribution < -0.4 is 0 Å². The summed E-state index contributed by atoms with van der Waals surface area (Å²) in [7, 11) is 0. The Kier molecular flexibility index (Phi) is 5.87. The van der Waals surface area contributed by atoms with Gasteiger partial charge in [0, 0.05) is 36.6 Å². The van der Waals surface area contributed by atoms with Gasteiger partial charge in [-0.05, 0) is 68.1 Å². The molecule has 3 saturated heterocycles. The van der Waals surface area contributed by atoms with Crippen LogP contribution in [0.1, 0.15) is 62.7 Å². The van der Waals surface area contributed by atoms with Crippen molar-refractivity contribution < 1.29 is 14.0 Å². The molecule has 4 rings (SSSR count). The van der Waals surface area contributed by atoms with Crippen LogP contribution in [-0.2, 0) is 4.79 Å². The fourth-order valence-corrected chi connectivity index (χ4v) is 5.82. The number of piperidine rings is 3. The van der Waals surface area contributed by atoms with Gasteiger partial charge in [-0.25, -0.2) is 4.39 Å². The van der Waals surface area contributed by atoms with Crippen molar-refractivity contribution in [1.82, 2.24) is 9.80 Å². The van der Waals surface area contributed by atoms with E-state index in [1.165, 1.54) is 18.2 Å². The highest BCUT2D eigenvalue weighted by atomic mass is 35.5. The van der Waals surface area contributed by atoms with Crippen molar-refractivity contribution in [1.29, 1.82) is 0 Å². The fraction of sp³-hybridized carbons (Fsp3) is 0.652. The number of rotatable bonds is 4. The van der Waals surface area contributed by atoms with Crippen molar-refractivity contribution in [3.05, 3.63) is 34.6 Å². The Bertz CT molecular complexity index is 799. The Hall–Kier alpha value is -1.62. The minimum atomic E-state index is -0.527. The Labute approximate surface area is 177 Å². The summed E-state index contributed by atoms with van der Waals surface area (Å²) in [5.41, 5.74) is 0.0489. The zero-order valence-corrected chi connectivity index (χ0v) is 18.0. The number of nitrogens with zero attached hydrogens (tertiary/aromatic N) is 2. The molecule has 3 heterocycles. The minimum absolute atomic E-state index is 0.0489. The molecule has 3 aliphatic rings. The van der Waals surface area contributed by atoms with Crippen molar-refractivity contribution >= 4 is 23.4 Å². The first-order chi connectivity index (χ1) is 13.8. The van der Waals surface area contributed by atoms with E-state index in [2.05, 4.69) is 18.7 Å². The quantitative estimate of drug-likeness (QED) is 0.704. The van der Waals surface area contributed by atoms with Gasteiger partial charge in [-0.2, -0.15) is 0 Å². The summed E-state index contributed by atoms with van der Waals surface area (Å²) in [6.45, 7) is 5.59. The van der Waals surface area contributed by atoms with Gasteiger partial charge in [-0.15, -0.1) is 0 Å². The van der Waals surface area contributed by atoms with E-state index in [1.807, 2.05) is 4.90 Å². The number of hydrogen-bond acceptors (Lipinski definition) is 2. The lowest BCUT2D eigenvalue weighted by atomic mass is 9.70. The van der Waals surface area contributed by atoms with Crippen molar-refractivity contribution in [2.24, 2.45) is 17.8 Å². The SMILES string of the molecule is CC(C)CC[C@H]1[C@H]2C[C@H](CN(C(=O)c3cc(Cl)ccc3F)C2)[C@@H]2CCCC(=O)N21. The predicted octanol–water partition coefficient (Wildman–Crippen LogP) is 4.76. The van der Waals surface area contributed by atoms with Gasteiger partial charge in [0.25, 0.3) is 5.91 Å². The third-order valence-corrected chi connectivity index (χ3v) is 7.22. The molecule has 0 radical (unpaired) electrons. The first-order valence-electron chi connectivity index (χ1n) is 10.9. The van der Waals surface area contributed by atoms with Crippen LogP contribution in [0.2, 0.25) is 5.02 Å². The van der Waals surface area contributed by atoms with Crippen LogP contribution in [0.5, 0.6) is 0 Å². The second-order valence-electron chi connectivity index (χ2n) is 9.39. The topological polar surface area (TPSA) is 40.6 Å². The van der Waals surface area contributed by atoms with Crippen LogP contribution in [0.4, 0.5) is 4.39 Å². The van der Waals surface area contributed by atoms with Gasteiger partial charge in [0.05, 0.1) is 5.56 Å². The van der Waals surface area contributed by atoms with Gasteiger partial charge in [0.1, 0.15) is 5.82 Å². The van der Waals surface area contributed by atoms with Gasteiger partial charge < -0.3 is 9.80 Å². The number of fused-ring (bicyclic) bond motifs is 4. The predicted molar refractivity (Wildman–Crippen MR) is 111 cm³/mol. The largest absolute Gasteiger partial charge is 0.338 e. The number of carbonyl (C=O) groups excluding carboxylic acids is 2. The second kappa shape index (κ2) is 8.25. The molecule has 0 aliphatic carbocycles. The molecule has 0 saturated carbocycles. The maximum Gasteiger partial charge on any atom is 0.256 e. The average molecular weight is 421 g/mol. The normalized spacial score (nSPS) is 29.2. The molecule has 2 amide bonds. The van der Waals surface area contributed by atoms with Gasteiger partial charge in [-0.1, -0.05) is 25.4 Å². The number of benzene rings is 1. The van der Waals surface area contributed by atoms with E-state index in [9.17, 15) is 14.0 Å². The van der Waals surface area contributed by atoms with Crippen LogP contribution in [-0.4, -0.2) is 46.8 Å². The molecular weight excluding hydrogens is 391 g/mol. The van der Waals surface area contributed by atoms with Crippen molar-refractivity contribution in [3.8, 4) is 0 Å². The first kappa shape index (κ1) is 20.6. The molecule has 0 unspecified atom stereocenters. The van der Waals surface area contributed by atoms with Crippen LogP contribution in [0.3, 0.4) is 0 Å². The van der Waals surface area contributed by atoms with Gasteiger partial charge in [-0.3, -0.25) is 9.59 Å². The number of hydrogen-bond donors (Lipinski definition) is 0. The molecule has 1 aromatic rings. The molecule has 0 spiro atoms. The third-order valence-electron chi connectivity index (χ3n) is 6.98. The highest BCUT2D eigenvalue weighted by molar-refractivity contribution is 6.31. The summed E-state index contributed by atoms with van der Waals surface area (Å²) >= 11 is 6.02. The summed E-state index contributed by atoms with van der Waals surface area (Å²) < 4.78 is 14.3. The average Bonchev–Trinajstić information content (AvgIpc) is 2.69. The molecule has 2 bridgehead atoms. The summed E-state index contributed by atoms with van der Waals surface area (Å²) in [5.74, 6) is 0.591. The summed E-state index contributed by atoms with van der Waals surface area (Å²) in [6.07, 6.45) is 5.68. The van der Waals surface area contributed by atoms with E-state index in [4.69, 9.17) is 11.6 Å². The molecule has 158 valence electrons. The second-order valence-corrected chi connectivity index (χ2v) is 9.83. The molecule has 29 heavy (non-hydrogen) atoms. The highest BCUT2D eigenvalue weighted by Crippen LogP contribution is 2.43. The standard InChI is InChI=1S/C23H30ClFN2O2/c1-14(2)6-9-21-16-10-15(20-4-3-5-22(28)27(20)21)12-26(13-16)23(29)18-11-17(24)7-8-19(18)25/h7-8,11,14-16,20-21H,3-6,9-10,12-13H2,1-2H3/t15-,16+,20+,21+/m1/s1. The molecule has 0 N–H and O–H groups in total. The number of amides is 2. The lowest BCUT2D eigenvalue weighted by molar-refractivity contribution is -0.152. The van der Waals surface area contributed by atoms with Crippen LogP contribution in [0, 0.1) is 23.6 Å². The molecule has 0 aromatic heterocycles.